The molecule has 0 aliphatic rings. The molecule has 0 radical (unpaired) electrons. The van der Waals surface area contributed by atoms with Crippen LogP contribution in [0.15, 0.2) is 54.6 Å². The average Bonchev–Trinajstić information content (AvgIpc) is 2.64. The van der Waals surface area contributed by atoms with Crippen molar-refractivity contribution in [2.45, 2.75) is 13.3 Å². The van der Waals surface area contributed by atoms with Crippen LogP contribution in [0.1, 0.15) is 28.4 Å². The van der Waals surface area contributed by atoms with Crippen molar-refractivity contribution >= 4 is 23.6 Å². The number of non-ortho nitro benzene ring substituents is 1. The van der Waals surface area contributed by atoms with Crippen LogP contribution in [0.2, 0.25) is 0 Å². The summed E-state index contributed by atoms with van der Waals surface area (Å²) in [4.78, 5) is 33.8. The number of benzene rings is 2. The first kappa shape index (κ1) is 17.9. The van der Waals surface area contributed by atoms with E-state index in [0.29, 0.717) is 11.1 Å². The molecule has 2 amide bonds. The lowest BCUT2D eigenvalue weighted by Gasteiger charge is -2.06. The Kier molecular flexibility index (Phi) is 6.00. The van der Waals surface area contributed by atoms with Crippen LogP contribution in [0, 0.1) is 10.1 Å². The standard InChI is InChI=1S/C18H17N3O4/c1-2-13-6-9-15(10-7-13)18(23)20-19-17(22)11-8-14-4-3-5-16(12-14)21(24)25/h3-12H,2H2,1H3,(H,19,22)(H,20,23)/b11-8+. The average molecular weight is 339 g/mol. The summed E-state index contributed by atoms with van der Waals surface area (Å²) in [6.45, 7) is 2.02. The lowest BCUT2D eigenvalue weighted by Crippen LogP contribution is -2.40. The summed E-state index contributed by atoms with van der Waals surface area (Å²) in [6, 6.07) is 12.9. The zero-order valence-electron chi connectivity index (χ0n) is 13.6. The molecule has 2 rings (SSSR count). The first-order valence-electron chi connectivity index (χ1n) is 7.61. The van der Waals surface area contributed by atoms with Gasteiger partial charge < -0.3 is 0 Å². The molecule has 2 N–H and O–H groups in total. The van der Waals surface area contributed by atoms with Crippen LogP contribution in [0.3, 0.4) is 0 Å². The van der Waals surface area contributed by atoms with E-state index in [-0.39, 0.29) is 5.69 Å². The summed E-state index contributed by atoms with van der Waals surface area (Å²) in [7, 11) is 0. The van der Waals surface area contributed by atoms with Crippen molar-refractivity contribution in [3.63, 3.8) is 0 Å². The second-order valence-corrected chi connectivity index (χ2v) is 5.18. The minimum absolute atomic E-state index is 0.0635. The minimum Gasteiger partial charge on any atom is -0.268 e. The summed E-state index contributed by atoms with van der Waals surface area (Å²) >= 11 is 0. The second kappa shape index (κ2) is 8.39. The molecule has 0 spiro atoms. The van der Waals surface area contributed by atoms with E-state index in [9.17, 15) is 19.7 Å². The predicted octanol–water partition coefficient (Wildman–Crippen LogP) is 2.63. The third-order valence-corrected chi connectivity index (χ3v) is 3.43. The lowest BCUT2D eigenvalue weighted by molar-refractivity contribution is -0.384. The van der Waals surface area contributed by atoms with Gasteiger partial charge in [0.2, 0.25) is 0 Å². The number of nitrogens with one attached hydrogen (secondary N) is 2. The van der Waals surface area contributed by atoms with Crippen LogP contribution >= 0.6 is 0 Å². The van der Waals surface area contributed by atoms with E-state index in [1.807, 2.05) is 19.1 Å². The first-order chi connectivity index (χ1) is 12.0. The quantitative estimate of drug-likeness (QED) is 0.497. The van der Waals surface area contributed by atoms with Gasteiger partial charge in [0.1, 0.15) is 0 Å². The van der Waals surface area contributed by atoms with E-state index in [0.717, 1.165) is 12.0 Å². The van der Waals surface area contributed by atoms with Gasteiger partial charge in [-0.1, -0.05) is 31.2 Å². The van der Waals surface area contributed by atoms with Gasteiger partial charge in [-0.15, -0.1) is 0 Å². The maximum atomic E-state index is 11.9. The van der Waals surface area contributed by atoms with Crippen molar-refractivity contribution in [3.8, 4) is 0 Å². The SMILES string of the molecule is CCc1ccc(C(=O)NNC(=O)/C=C/c2cccc([N+](=O)[O-])c2)cc1. The highest BCUT2D eigenvalue weighted by Crippen LogP contribution is 2.13. The molecule has 25 heavy (non-hydrogen) atoms. The van der Waals surface area contributed by atoms with Gasteiger partial charge in [0.05, 0.1) is 4.92 Å². The Labute approximate surface area is 144 Å². The molecule has 0 bridgehead atoms. The number of nitrogens with zero attached hydrogens (tertiary/aromatic N) is 1. The smallest absolute Gasteiger partial charge is 0.268 e. The van der Waals surface area contributed by atoms with Gasteiger partial charge in [0, 0.05) is 23.8 Å². The van der Waals surface area contributed by atoms with Crippen LogP contribution in [0.4, 0.5) is 5.69 Å². The number of hydrazine groups is 1. The van der Waals surface area contributed by atoms with Gasteiger partial charge in [0.25, 0.3) is 17.5 Å². The zero-order valence-corrected chi connectivity index (χ0v) is 13.6. The molecule has 128 valence electrons. The van der Waals surface area contributed by atoms with Gasteiger partial charge in [-0.3, -0.25) is 30.6 Å². The topological polar surface area (TPSA) is 101 Å². The Bertz CT molecular complexity index is 813. The number of nitro groups is 1. The summed E-state index contributed by atoms with van der Waals surface area (Å²) < 4.78 is 0. The summed E-state index contributed by atoms with van der Waals surface area (Å²) in [6.07, 6.45) is 3.48. The van der Waals surface area contributed by atoms with E-state index in [2.05, 4.69) is 10.9 Å². The summed E-state index contributed by atoms with van der Waals surface area (Å²) in [5, 5.41) is 10.7. The maximum absolute atomic E-state index is 11.9. The highest BCUT2D eigenvalue weighted by molar-refractivity contribution is 5.97. The zero-order chi connectivity index (χ0) is 18.2. The molecule has 0 atom stereocenters. The van der Waals surface area contributed by atoms with Crippen LogP contribution in [0.5, 0.6) is 0 Å². The number of hydrogen-bond acceptors (Lipinski definition) is 4. The molecule has 0 saturated heterocycles. The Morgan fingerprint density at radius 3 is 2.48 bits per heavy atom. The first-order valence-corrected chi connectivity index (χ1v) is 7.61. The molecular formula is C18H17N3O4. The monoisotopic (exact) mass is 339 g/mol. The molecule has 0 aromatic heterocycles. The molecule has 0 fully saturated rings. The molecule has 2 aromatic carbocycles. The van der Waals surface area contributed by atoms with Gasteiger partial charge in [-0.2, -0.15) is 0 Å². The Balaban J connectivity index is 1.90. The molecule has 0 heterocycles. The van der Waals surface area contributed by atoms with Crippen molar-refractivity contribution in [1.82, 2.24) is 10.9 Å². The van der Waals surface area contributed by atoms with E-state index in [1.165, 1.54) is 30.4 Å². The highest BCUT2D eigenvalue weighted by Gasteiger charge is 2.06. The van der Waals surface area contributed by atoms with E-state index < -0.39 is 16.7 Å². The number of nitro benzene ring substituents is 1. The van der Waals surface area contributed by atoms with Crippen LogP contribution in [-0.2, 0) is 11.2 Å². The molecule has 0 unspecified atom stereocenters. The predicted molar refractivity (Wildman–Crippen MR) is 93.6 cm³/mol. The molecule has 0 saturated carbocycles. The highest BCUT2D eigenvalue weighted by atomic mass is 16.6. The number of carbonyl (C=O) groups is 2. The van der Waals surface area contributed by atoms with Crippen LogP contribution < -0.4 is 10.9 Å². The molecule has 7 heteroatoms. The van der Waals surface area contributed by atoms with E-state index in [4.69, 9.17) is 0 Å². The summed E-state index contributed by atoms with van der Waals surface area (Å²) in [5.74, 6) is -0.982. The minimum atomic E-state index is -0.551. The maximum Gasteiger partial charge on any atom is 0.270 e. The van der Waals surface area contributed by atoms with Crippen LogP contribution in [-0.4, -0.2) is 16.7 Å². The molecule has 2 aromatic rings. The number of amides is 2. The molecular weight excluding hydrogens is 322 g/mol. The van der Waals surface area contributed by atoms with Gasteiger partial charge in [0.15, 0.2) is 0 Å². The molecule has 0 aliphatic carbocycles. The molecule has 7 nitrogen and oxygen atoms in total. The number of aryl methyl sites for hydroxylation is 1. The third kappa shape index (κ3) is 5.28. The van der Waals surface area contributed by atoms with Crippen molar-refractivity contribution < 1.29 is 14.5 Å². The van der Waals surface area contributed by atoms with Crippen molar-refractivity contribution in [2.75, 3.05) is 0 Å². The van der Waals surface area contributed by atoms with Gasteiger partial charge >= 0.3 is 0 Å². The third-order valence-electron chi connectivity index (χ3n) is 3.43. The fourth-order valence-electron chi connectivity index (χ4n) is 2.04. The number of rotatable bonds is 5. The number of hydrogen-bond donors (Lipinski definition) is 2. The Hall–Kier alpha value is -3.48. The van der Waals surface area contributed by atoms with Crippen molar-refractivity contribution in [3.05, 3.63) is 81.4 Å². The van der Waals surface area contributed by atoms with E-state index >= 15 is 0 Å². The van der Waals surface area contributed by atoms with Gasteiger partial charge in [-0.05, 0) is 35.8 Å². The van der Waals surface area contributed by atoms with Crippen molar-refractivity contribution in [2.24, 2.45) is 0 Å². The molecule has 0 aliphatic heterocycles. The fourth-order valence-corrected chi connectivity index (χ4v) is 2.04. The normalized spacial score (nSPS) is 10.4. The van der Waals surface area contributed by atoms with E-state index in [1.54, 1.807) is 18.2 Å². The van der Waals surface area contributed by atoms with Gasteiger partial charge in [-0.25, -0.2) is 0 Å². The number of carbonyl (C=O) groups excluding carboxylic acids is 2. The Morgan fingerprint density at radius 1 is 1.12 bits per heavy atom. The summed E-state index contributed by atoms with van der Waals surface area (Å²) in [5.41, 5.74) is 6.55. The van der Waals surface area contributed by atoms with Crippen molar-refractivity contribution in [1.29, 1.82) is 0 Å². The fraction of sp³-hybridized carbons (Fsp3) is 0.111. The second-order valence-electron chi connectivity index (χ2n) is 5.18. The van der Waals surface area contributed by atoms with Crippen LogP contribution in [0.25, 0.3) is 6.08 Å². The lowest BCUT2D eigenvalue weighted by atomic mass is 10.1. The largest absolute Gasteiger partial charge is 0.270 e. The Morgan fingerprint density at radius 2 is 1.84 bits per heavy atom.